The predicted molar refractivity (Wildman–Crippen MR) is 85.8 cm³/mol. The maximum Gasteiger partial charge on any atom is 0.203 e. The van der Waals surface area contributed by atoms with E-state index >= 15 is 0 Å². The van der Waals surface area contributed by atoms with Crippen LogP contribution in [-0.2, 0) is 0 Å². The van der Waals surface area contributed by atoms with Crippen molar-refractivity contribution in [3.05, 3.63) is 52.0 Å². The summed E-state index contributed by atoms with van der Waals surface area (Å²) in [6, 6.07) is 9.93. The highest BCUT2D eigenvalue weighted by Crippen LogP contribution is 2.32. The van der Waals surface area contributed by atoms with Gasteiger partial charge in [0.2, 0.25) is 5.78 Å². The molecule has 0 saturated heterocycles. The Kier molecular flexibility index (Phi) is 5.52. The van der Waals surface area contributed by atoms with Crippen molar-refractivity contribution < 1.29 is 19.0 Å². The van der Waals surface area contributed by atoms with E-state index in [0.29, 0.717) is 27.8 Å². The minimum atomic E-state index is -0.240. The number of hydrogen-bond acceptors (Lipinski definition) is 4. The number of carbonyl (C=O) groups is 1. The van der Waals surface area contributed by atoms with E-state index < -0.39 is 0 Å². The highest BCUT2D eigenvalue weighted by Gasteiger charge is 2.15. The van der Waals surface area contributed by atoms with Crippen molar-refractivity contribution >= 4 is 29.0 Å². The van der Waals surface area contributed by atoms with Gasteiger partial charge >= 0.3 is 0 Å². The molecule has 2 aromatic rings. The molecule has 0 aliphatic rings. The summed E-state index contributed by atoms with van der Waals surface area (Å²) in [5, 5.41) is 0.646. The molecule has 0 heterocycles. The van der Waals surface area contributed by atoms with E-state index in [2.05, 4.69) is 0 Å². The van der Waals surface area contributed by atoms with Crippen LogP contribution in [-0.4, -0.2) is 26.6 Å². The summed E-state index contributed by atoms with van der Waals surface area (Å²) in [5.41, 5.74) is 0.404. The number of rotatable bonds is 6. The Morgan fingerprint density at radius 1 is 1.05 bits per heavy atom. The molecular formula is C16H14Cl2O4. The van der Waals surface area contributed by atoms with Gasteiger partial charge in [0, 0.05) is 6.07 Å². The maximum atomic E-state index is 12.3. The zero-order chi connectivity index (χ0) is 16.1. The molecule has 6 heteroatoms. The molecule has 0 radical (unpaired) electrons. The molecule has 0 atom stereocenters. The Balaban J connectivity index is 2.14. The van der Waals surface area contributed by atoms with E-state index in [1.54, 1.807) is 43.5 Å². The minimum absolute atomic E-state index is 0.178. The second kappa shape index (κ2) is 7.38. The van der Waals surface area contributed by atoms with E-state index in [9.17, 15) is 4.79 Å². The molecule has 0 amide bonds. The highest BCUT2D eigenvalue weighted by molar-refractivity contribution is 6.42. The largest absolute Gasteiger partial charge is 0.497 e. The third-order valence-corrected chi connectivity index (χ3v) is 3.79. The van der Waals surface area contributed by atoms with Gasteiger partial charge in [0.15, 0.2) is 6.61 Å². The zero-order valence-electron chi connectivity index (χ0n) is 12.1. The average Bonchev–Trinajstić information content (AvgIpc) is 2.55. The number of hydrogen-bond donors (Lipinski definition) is 0. The first-order chi connectivity index (χ1) is 10.6. The third-order valence-electron chi connectivity index (χ3n) is 2.98. The summed E-state index contributed by atoms with van der Waals surface area (Å²) < 4.78 is 15.7. The SMILES string of the molecule is COc1ccc(C(=O)COc2cccc(Cl)c2Cl)c(OC)c1. The van der Waals surface area contributed by atoms with Crippen LogP contribution in [0.2, 0.25) is 10.0 Å². The fourth-order valence-corrected chi connectivity index (χ4v) is 2.19. The first-order valence-corrected chi connectivity index (χ1v) is 7.14. The van der Waals surface area contributed by atoms with E-state index in [1.807, 2.05) is 0 Å². The van der Waals surface area contributed by atoms with Crippen LogP contribution in [0.3, 0.4) is 0 Å². The first-order valence-electron chi connectivity index (χ1n) is 6.39. The lowest BCUT2D eigenvalue weighted by atomic mass is 10.1. The maximum absolute atomic E-state index is 12.3. The standard InChI is InChI=1S/C16H14Cl2O4/c1-20-10-6-7-11(15(8-10)21-2)13(19)9-22-14-5-3-4-12(17)16(14)18/h3-8H,9H2,1-2H3. The highest BCUT2D eigenvalue weighted by atomic mass is 35.5. The van der Waals surface area contributed by atoms with Crippen LogP contribution in [0.25, 0.3) is 0 Å². The van der Waals surface area contributed by atoms with Crippen molar-refractivity contribution in [2.75, 3.05) is 20.8 Å². The number of Topliss-reactive ketones (excluding diaryl/α,β-unsaturated/α-hetero) is 1. The van der Waals surface area contributed by atoms with Crippen LogP contribution in [0.1, 0.15) is 10.4 Å². The van der Waals surface area contributed by atoms with Gasteiger partial charge in [-0.1, -0.05) is 29.3 Å². The predicted octanol–water partition coefficient (Wildman–Crippen LogP) is 4.27. The van der Waals surface area contributed by atoms with Gasteiger partial charge in [-0.2, -0.15) is 0 Å². The van der Waals surface area contributed by atoms with Gasteiger partial charge in [0.05, 0.1) is 24.8 Å². The number of halogens is 2. The van der Waals surface area contributed by atoms with Gasteiger partial charge in [0.1, 0.15) is 22.3 Å². The monoisotopic (exact) mass is 340 g/mol. The Labute approximate surface area is 138 Å². The normalized spacial score (nSPS) is 10.2. The van der Waals surface area contributed by atoms with Crippen molar-refractivity contribution in [2.24, 2.45) is 0 Å². The van der Waals surface area contributed by atoms with Crippen LogP contribution in [0.5, 0.6) is 17.2 Å². The van der Waals surface area contributed by atoms with Crippen LogP contribution in [0.15, 0.2) is 36.4 Å². The molecule has 2 rings (SSSR count). The van der Waals surface area contributed by atoms with Gasteiger partial charge in [-0.05, 0) is 24.3 Å². The Morgan fingerprint density at radius 3 is 2.50 bits per heavy atom. The molecule has 0 spiro atoms. The molecule has 0 fully saturated rings. The second-order valence-electron chi connectivity index (χ2n) is 4.33. The fourth-order valence-electron chi connectivity index (χ4n) is 1.85. The molecule has 0 aliphatic heterocycles. The minimum Gasteiger partial charge on any atom is -0.497 e. The number of methoxy groups -OCH3 is 2. The van der Waals surface area contributed by atoms with Gasteiger partial charge in [-0.15, -0.1) is 0 Å². The fraction of sp³-hybridized carbons (Fsp3) is 0.188. The van der Waals surface area contributed by atoms with Gasteiger partial charge < -0.3 is 14.2 Å². The Hall–Kier alpha value is -1.91. The van der Waals surface area contributed by atoms with Crippen molar-refractivity contribution in [3.63, 3.8) is 0 Å². The molecule has 0 bridgehead atoms. The summed E-state index contributed by atoms with van der Waals surface area (Å²) in [7, 11) is 3.03. The van der Waals surface area contributed by atoms with Crippen LogP contribution in [0.4, 0.5) is 0 Å². The number of ketones is 1. The molecule has 2 aromatic carbocycles. The molecule has 0 unspecified atom stereocenters. The van der Waals surface area contributed by atoms with Crippen molar-refractivity contribution in [2.45, 2.75) is 0 Å². The lowest BCUT2D eigenvalue weighted by Crippen LogP contribution is -2.13. The average molecular weight is 341 g/mol. The molecule has 0 aromatic heterocycles. The summed E-state index contributed by atoms with van der Waals surface area (Å²) in [5.74, 6) is 1.14. The molecule has 0 saturated carbocycles. The first kappa shape index (κ1) is 16.5. The molecule has 116 valence electrons. The molecule has 0 N–H and O–H groups in total. The van der Waals surface area contributed by atoms with Gasteiger partial charge in [-0.25, -0.2) is 0 Å². The van der Waals surface area contributed by atoms with E-state index in [0.717, 1.165) is 0 Å². The molecule has 4 nitrogen and oxygen atoms in total. The summed E-state index contributed by atoms with van der Waals surface area (Å²) >= 11 is 11.9. The number of benzene rings is 2. The van der Waals surface area contributed by atoms with Crippen LogP contribution < -0.4 is 14.2 Å². The molecular weight excluding hydrogens is 327 g/mol. The van der Waals surface area contributed by atoms with E-state index in [-0.39, 0.29) is 17.4 Å². The van der Waals surface area contributed by atoms with E-state index in [1.165, 1.54) is 7.11 Å². The lowest BCUT2D eigenvalue weighted by Gasteiger charge is -2.11. The van der Waals surface area contributed by atoms with E-state index in [4.69, 9.17) is 37.4 Å². The quantitative estimate of drug-likeness (QED) is 0.736. The van der Waals surface area contributed by atoms with Gasteiger partial charge in [0.25, 0.3) is 0 Å². The van der Waals surface area contributed by atoms with Gasteiger partial charge in [-0.3, -0.25) is 4.79 Å². The molecule has 0 aliphatic carbocycles. The summed E-state index contributed by atoms with van der Waals surface area (Å²) in [6.07, 6.45) is 0. The lowest BCUT2D eigenvalue weighted by molar-refractivity contribution is 0.0918. The molecule has 22 heavy (non-hydrogen) atoms. The smallest absolute Gasteiger partial charge is 0.203 e. The van der Waals surface area contributed by atoms with Crippen molar-refractivity contribution in [1.29, 1.82) is 0 Å². The third kappa shape index (κ3) is 3.64. The summed E-state index contributed by atoms with van der Waals surface area (Å²) in [6.45, 7) is -0.178. The van der Waals surface area contributed by atoms with Crippen molar-refractivity contribution in [3.8, 4) is 17.2 Å². The van der Waals surface area contributed by atoms with Crippen LogP contribution >= 0.6 is 23.2 Å². The Bertz CT molecular complexity index is 686. The number of ether oxygens (including phenoxy) is 3. The van der Waals surface area contributed by atoms with Crippen molar-refractivity contribution in [1.82, 2.24) is 0 Å². The Morgan fingerprint density at radius 2 is 1.82 bits per heavy atom. The second-order valence-corrected chi connectivity index (χ2v) is 5.12. The topological polar surface area (TPSA) is 44.8 Å². The number of carbonyl (C=O) groups excluding carboxylic acids is 1. The zero-order valence-corrected chi connectivity index (χ0v) is 13.6. The summed E-state index contributed by atoms with van der Waals surface area (Å²) in [4.78, 5) is 12.3. The van der Waals surface area contributed by atoms with Crippen LogP contribution in [0, 0.1) is 0 Å².